The van der Waals surface area contributed by atoms with Crippen LogP contribution in [0.2, 0.25) is 0 Å². The first kappa shape index (κ1) is 14.1. The predicted octanol–water partition coefficient (Wildman–Crippen LogP) is 2.49. The molecule has 0 aliphatic heterocycles. The smallest absolute Gasteiger partial charge is 0.323 e. The molecule has 5 heteroatoms. The van der Waals surface area contributed by atoms with Crippen LogP contribution in [0.25, 0.3) is 10.9 Å². The second-order valence-corrected chi connectivity index (χ2v) is 5.74. The van der Waals surface area contributed by atoms with Crippen molar-refractivity contribution >= 4 is 22.8 Å². The molecule has 0 radical (unpaired) electrons. The van der Waals surface area contributed by atoms with Crippen LogP contribution in [0.1, 0.15) is 31.1 Å². The fraction of sp³-hybridized carbons (Fsp3) is 0.333. The van der Waals surface area contributed by atoms with Crippen LogP contribution in [0, 0.1) is 0 Å². The molecule has 0 atom stereocenters. The Morgan fingerprint density at radius 1 is 1.25 bits per heavy atom. The Labute approximate surface area is 117 Å². The Kier molecular flexibility index (Phi) is 3.53. The Hall–Kier alpha value is -2.30. The van der Waals surface area contributed by atoms with Crippen molar-refractivity contribution in [2.24, 2.45) is 0 Å². The van der Waals surface area contributed by atoms with Gasteiger partial charge in [-0.25, -0.2) is 0 Å². The van der Waals surface area contributed by atoms with E-state index in [0.29, 0.717) is 5.56 Å². The van der Waals surface area contributed by atoms with Crippen molar-refractivity contribution in [2.75, 3.05) is 6.54 Å². The first-order valence-electron chi connectivity index (χ1n) is 6.40. The number of carbonyl (C=O) groups is 2. The third kappa shape index (κ3) is 2.82. The molecule has 106 valence electrons. The van der Waals surface area contributed by atoms with E-state index in [1.165, 1.54) is 4.90 Å². The van der Waals surface area contributed by atoms with Crippen LogP contribution in [-0.4, -0.2) is 39.0 Å². The standard InChI is InChI=1S/C15H18N2O3/c1-15(2,3)17(9-13(18)19)14(20)11-5-4-10-6-7-16-12(10)8-11/h4-8,16H,9H2,1-3H3,(H,18,19). The molecule has 1 heterocycles. The van der Waals surface area contributed by atoms with Crippen LogP contribution in [0.3, 0.4) is 0 Å². The molecule has 2 N–H and O–H groups in total. The first-order chi connectivity index (χ1) is 9.29. The topological polar surface area (TPSA) is 73.4 Å². The van der Waals surface area contributed by atoms with E-state index in [9.17, 15) is 9.59 Å². The second-order valence-electron chi connectivity index (χ2n) is 5.74. The van der Waals surface area contributed by atoms with Gasteiger partial charge in [-0.1, -0.05) is 6.07 Å². The molecule has 0 saturated heterocycles. The number of carbonyl (C=O) groups excluding carboxylic acids is 1. The minimum atomic E-state index is -1.02. The normalized spacial score (nSPS) is 11.6. The summed E-state index contributed by atoms with van der Waals surface area (Å²) in [6, 6.07) is 7.24. The van der Waals surface area contributed by atoms with E-state index in [0.717, 1.165) is 10.9 Å². The summed E-state index contributed by atoms with van der Waals surface area (Å²) in [7, 11) is 0. The number of H-pyrrole nitrogens is 1. The summed E-state index contributed by atoms with van der Waals surface area (Å²) in [6.45, 7) is 5.15. The quantitative estimate of drug-likeness (QED) is 0.903. The molecule has 0 spiro atoms. The molecule has 0 aliphatic carbocycles. The molecule has 0 fully saturated rings. The summed E-state index contributed by atoms with van der Waals surface area (Å²) in [5.41, 5.74) is 0.788. The van der Waals surface area contributed by atoms with Gasteiger partial charge < -0.3 is 15.0 Å². The number of nitrogens with one attached hydrogen (secondary N) is 1. The summed E-state index contributed by atoms with van der Waals surface area (Å²) in [5.74, 6) is -1.30. The minimum absolute atomic E-state index is 0.281. The monoisotopic (exact) mass is 274 g/mol. The van der Waals surface area contributed by atoms with Gasteiger partial charge in [0.1, 0.15) is 6.54 Å². The van der Waals surface area contributed by atoms with Crippen LogP contribution in [0.15, 0.2) is 30.5 Å². The molecule has 1 amide bonds. The molecular weight excluding hydrogens is 256 g/mol. The number of fused-ring (bicyclic) bond motifs is 1. The molecule has 2 aromatic rings. The van der Waals surface area contributed by atoms with Gasteiger partial charge in [0.2, 0.25) is 0 Å². The Balaban J connectivity index is 2.37. The maximum Gasteiger partial charge on any atom is 0.323 e. The van der Waals surface area contributed by atoms with E-state index in [1.807, 2.05) is 32.9 Å². The van der Waals surface area contributed by atoms with Gasteiger partial charge in [-0.3, -0.25) is 9.59 Å². The molecule has 0 aliphatic rings. The van der Waals surface area contributed by atoms with Crippen molar-refractivity contribution in [3.05, 3.63) is 36.0 Å². The third-order valence-corrected chi connectivity index (χ3v) is 3.15. The van der Waals surface area contributed by atoms with Crippen molar-refractivity contribution in [2.45, 2.75) is 26.3 Å². The molecule has 1 aromatic heterocycles. The van der Waals surface area contributed by atoms with Gasteiger partial charge in [0, 0.05) is 22.8 Å². The van der Waals surface area contributed by atoms with E-state index in [4.69, 9.17) is 5.11 Å². The highest BCUT2D eigenvalue weighted by Crippen LogP contribution is 2.20. The lowest BCUT2D eigenvalue weighted by atomic mass is 10.0. The highest BCUT2D eigenvalue weighted by atomic mass is 16.4. The summed E-state index contributed by atoms with van der Waals surface area (Å²) in [6.07, 6.45) is 1.80. The van der Waals surface area contributed by atoms with Gasteiger partial charge in [-0.05, 0) is 44.4 Å². The molecule has 5 nitrogen and oxygen atoms in total. The van der Waals surface area contributed by atoms with E-state index in [2.05, 4.69) is 4.98 Å². The Morgan fingerprint density at radius 2 is 1.95 bits per heavy atom. The zero-order valence-corrected chi connectivity index (χ0v) is 11.8. The predicted molar refractivity (Wildman–Crippen MR) is 76.7 cm³/mol. The highest BCUT2D eigenvalue weighted by molar-refractivity contribution is 5.99. The van der Waals surface area contributed by atoms with Gasteiger partial charge in [0.05, 0.1) is 0 Å². The van der Waals surface area contributed by atoms with Crippen molar-refractivity contribution in [1.82, 2.24) is 9.88 Å². The number of carboxylic acid groups (broad SMARTS) is 1. The average molecular weight is 274 g/mol. The number of benzene rings is 1. The van der Waals surface area contributed by atoms with E-state index >= 15 is 0 Å². The lowest BCUT2D eigenvalue weighted by molar-refractivity contribution is -0.138. The summed E-state index contributed by atoms with van der Waals surface area (Å²) in [4.78, 5) is 27.9. The number of carboxylic acids is 1. The fourth-order valence-corrected chi connectivity index (χ4v) is 2.09. The lowest BCUT2D eigenvalue weighted by Crippen LogP contribution is -2.48. The van der Waals surface area contributed by atoms with E-state index < -0.39 is 11.5 Å². The van der Waals surface area contributed by atoms with Gasteiger partial charge in [-0.15, -0.1) is 0 Å². The number of nitrogens with zero attached hydrogens (tertiary/aromatic N) is 1. The van der Waals surface area contributed by atoms with Crippen LogP contribution in [0.4, 0.5) is 0 Å². The SMILES string of the molecule is CC(C)(C)N(CC(=O)O)C(=O)c1ccc2cc[nH]c2c1. The number of hydrogen-bond donors (Lipinski definition) is 2. The fourth-order valence-electron chi connectivity index (χ4n) is 2.09. The number of hydrogen-bond acceptors (Lipinski definition) is 2. The van der Waals surface area contributed by atoms with Gasteiger partial charge >= 0.3 is 5.97 Å². The van der Waals surface area contributed by atoms with Crippen molar-refractivity contribution in [3.63, 3.8) is 0 Å². The van der Waals surface area contributed by atoms with Gasteiger partial charge in [-0.2, -0.15) is 0 Å². The van der Waals surface area contributed by atoms with Crippen LogP contribution in [0.5, 0.6) is 0 Å². The van der Waals surface area contributed by atoms with Gasteiger partial charge in [0.25, 0.3) is 5.91 Å². The number of rotatable bonds is 3. The third-order valence-electron chi connectivity index (χ3n) is 3.15. The zero-order valence-electron chi connectivity index (χ0n) is 11.8. The maximum atomic E-state index is 12.5. The van der Waals surface area contributed by atoms with Crippen molar-refractivity contribution in [1.29, 1.82) is 0 Å². The number of aliphatic carboxylic acids is 1. The van der Waals surface area contributed by atoms with E-state index in [-0.39, 0.29) is 12.5 Å². The number of aromatic nitrogens is 1. The van der Waals surface area contributed by atoms with Gasteiger partial charge in [0.15, 0.2) is 0 Å². The lowest BCUT2D eigenvalue weighted by Gasteiger charge is -2.34. The first-order valence-corrected chi connectivity index (χ1v) is 6.40. The molecular formula is C15H18N2O3. The average Bonchev–Trinajstić information content (AvgIpc) is 2.80. The Bertz CT molecular complexity index is 652. The van der Waals surface area contributed by atoms with Crippen LogP contribution < -0.4 is 0 Å². The van der Waals surface area contributed by atoms with Crippen LogP contribution >= 0.6 is 0 Å². The highest BCUT2D eigenvalue weighted by Gasteiger charge is 2.29. The van der Waals surface area contributed by atoms with Crippen LogP contribution in [-0.2, 0) is 4.79 Å². The van der Waals surface area contributed by atoms with E-state index in [1.54, 1.807) is 18.3 Å². The number of amides is 1. The molecule has 20 heavy (non-hydrogen) atoms. The molecule has 0 unspecified atom stereocenters. The molecule has 0 saturated carbocycles. The second kappa shape index (κ2) is 5.00. The molecule has 2 rings (SSSR count). The van der Waals surface area contributed by atoms with Crippen molar-refractivity contribution < 1.29 is 14.7 Å². The minimum Gasteiger partial charge on any atom is -0.480 e. The molecule has 0 bridgehead atoms. The van der Waals surface area contributed by atoms with Crippen molar-refractivity contribution in [3.8, 4) is 0 Å². The maximum absolute atomic E-state index is 12.5. The molecule has 1 aromatic carbocycles. The largest absolute Gasteiger partial charge is 0.480 e. The summed E-state index contributed by atoms with van der Waals surface area (Å²) >= 11 is 0. The Morgan fingerprint density at radius 3 is 2.55 bits per heavy atom. The summed E-state index contributed by atoms with van der Waals surface area (Å²) < 4.78 is 0. The summed E-state index contributed by atoms with van der Waals surface area (Å²) in [5, 5.41) is 10.00. The zero-order chi connectivity index (χ0) is 14.9. The number of aromatic amines is 1.